The van der Waals surface area contributed by atoms with Gasteiger partial charge in [-0.15, -0.1) is 10.2 Å². The molecule has 0 spiro atoms. The number of nitrogens with zero attached hydrogens (tertiary/aromatic N) is 3. The highest BCUT2D eigenvalue weighted by atomic mass is 32.1. The summed E-state index contributed by atoms with van der Waals surface area (Å²) in [6, 6.07) is 0.613. The molecule has 3 N–H and O–H groups in total. The molecule has 0 amide bonds. The summed E-state index contributed by atoms with van der Waals surface area (Å²) in [5.41, 5.74) is 5.53. The third-order valence-corrected chi connectivity index (χ3v) is 3.54. The van der Waals surface area contributed by atoms with Gasteiger partial charge in [0.2, 0.25) is 5.13 Å². The molecule has 1 aliphatic rings. The normalized spacial score (nSPS) is 16.9. The second-order valence-electron chi connectivity index (χ2n) is 3.81. The van der Waals surface area contributed by atoms with E-state index in [0.717, 1.165) is 11.6 Å². The van der Waals surface area contributed by atoms with Crippen molar-refractivity contribution in [2.24, 2.45) is 0 Å². The molecule has 0 atom stereocenters. The number of hydrogen-bond acceptors (Lipinski definition) is 6. The Bertz CT molecular complexity index is 313. The fourth-order valence-corrected chi connectivity index (χ4v) is 2.41. The van der Waals surface area contributed by atoms with E-state index in [0.29, 0.717) is 17.7 Å². The zero-order valence-corrected chi connectivity index (χ0v) is 9.41. The quantitative estimate of drug-likeness (QED) is 0.766. The van der Waals surface area contributed by atoms with Gasteiger partial charge >= 0.3 is 0 Å². The first-order chi connectivity index (χ1) is 7.29. The van der Waals surface area contributed by atoms with Gasteiger partial charge in [0.05, 0.1) is 13.2 Å². The van der Waals surface area contributed by atoms with E-state index in [9.17, 15) is 0 Å². The van der Waals surface area contributed by atoms with Gasteiger partial charge in [-0.3, -0.25) is 4.90 Å². The first kappa shape index (κ1) is 10.8. The molecule has 0 unspecified atom stereocenters. The SMILES string of the molecule is Nc1nnc(CN(CCO)C2CCC2)s1. The van der Waals surface area contributed by atoms with Crippen LogP contribution in [0.4, 0.5) is 5.13 Å². The van der Waals surface area contributed by atoms with E-state index in [1.807, 2.05) is 0 Å². The summed E-state index contributed by atoms with van der Waals surface area (Å²) < 4.78 is 0. The lowest BCUT2D eigenvalue weighted by molar-refractivity contribution is 0.0943. The van der Waals surface area contributed by atoms with Crippen molar-refractivity contribution >= 4 is 16.5 Å². The van der Waals surface area contributed by atoms with Crippen LogP contribution in [-0.4, -0.2) is 39.4 Å². The second kappa shape index (κ2) is 4.87. The van der Waals surface area contributed by atoms with Crippen molar-refractivity contribution in [3.05, 3.63) is 5.01 Å². The van der Waals surface area contributed by atoms with E-state index in [2.05, 4.69) is 15.1 Å². The standard InChI is InChI=1S/C9H16N4OS/c10-9-12-11-8(15-9)6-13(4-5-14)7-2-1-3-7/h7,14H,1-6H2,(H2,10,12). The summed E-state index contributed by atoms with van der Waals surface area (Å²) in [5.74, 6) is 0. The first-order valence-corrected chi connectivity index (χ1v) is 6.04. The third kappa shape index (κ3) is 2.64. The van der Waals surface area contributed by atoms with Crippen molar-refractivity contribution in [2.75, 3.05) is 18.9 Å². The minimum absolute atomic E-state index is 0.199. The highest BCUT2D eigenvalue weighted by molar-refractivity contribution is 7.15. The van der Waals surface area contributed by atoms with Crippen LogP contribution in [0.3, 0.4) is 0 Å². The number of aromatic nitrogens is 2. The Morgan fingerprint density at radius 2 is 2.27 bits per heavy atom. The molecule has 5 nitrogen and oxygen atoms in total. The summed E-state index contributed by atoms with van der Waals surface area (Å²) in [7, 11) is 0. The predicted octanol–water partition coefficient (Wildman–Crippen LogP) is 0.467. The summed E-state index contributed by atoms with van der Waals surface area (Å²) in [5, 5.41) is 18.2. The zero-order valence-electron chi connectivity index (χ0n) is 8.59. The highest BCUT2D eigenvalue weighted by Gasteiger charge is 2.25. The fraction of sp³-hybridized carbons (Fsp3) is 0.778. The maximum atomic E-state index is 8.99. The average Bonchev–Trinajstić information content (AvgIpc) is 2.48. The Balaban J connectivity index is 1.93. The van der Waals surface area contributed by atoms with Crippen LogP contribution in [0.1, 0.15) is 24.3 Å². The predicted molar refractivity (Wildman–Crippen MR) is 59.5 cm³/mol. The maximum absolute atomic E-state index is 8.99. The van der Waals surface area contributed by atoms with Crippen molar-refractivity contribution in [1.82, 2.24) is 15.1 Å². The van der Waals surface area contributed by atoms with Gasteiger partial charge in [-0.25, -0.2) is 0 Å². The Kier molecular flexibility index (Phi) is 3.50. The molecule has 2 rings (SSSR count). The Morgan fingerprint density at radius 3 is 2.73 bits per heavy atom. The van der Waals surface area contributed by atoms with Gasteiger partial charge in [0.1, 0.15) is 5.01 Å². The van der Waals surface area contributed by atoms with Crippen LogP contribution in [0.5, 0.6) is 0 Å². The molecule has 0 saturated heterocycles. The van der Waals surface area contributed by atoms with Gasteiger partial charge in [0.15, 0.2) is 0 Å². The summed E-state index contributed by atoms with van der Waals surface area (Å²) in [4.78, 5) is 2.27. The van der Waals surface area contributed by atoms with Gasteiger partial charge in [-0.1, -0.05) is 17.8 Å². The second-order valence-corrected chi connectivity index (χ2v) is 4.91. The summed E-state index contributed by atoms with van der Waals surface area (Å²) >= 11 is 1.43. The van der Waals surface area contributed by atoms with E-state index in [1.165, 1.54) is 30.6 Å². The van der Waals surface area contributed by atoms with Gasteiger partial charge < -0.3 is 10.8 Å². The first-order valence-electron chi connectivity index (χ1n) is 5.22. The smallest absolute Gasteiger partial charge is 0.203 e. The van der Waals surface area contributed by atoms with Gasteiger partial charge in [-0.2, -0.15) is 0 Å². The number of nitrogen functional groups attached to an aromatic ring is 1. The number of hydrogen-bond donors (Lipinski definition) is 2. The Labute approximate surface area is 92.9 Å². The Morgan fingerprint density at radius 1 is 1.47 bits per heavy atom. The van der Waals surface area contributed by atoms with E-state index in [-0.39, 0.29) is 6.61 Å². The van der Waals surface area contributed by atoms with Crippen LogP contribution in [0, 0.1) is 0 Å². The van der Waals surface area contributed by atoms with Crippen LogP contribution in [0.2, 0.25) is 0 Å². The average molecular weight is 228 g/mol. The Hall–Kier alpha value is -0.720. The monoisotopic (exact) mass is 228 g/mol. The molecule has 1 fully saturated rings. The van der Waals surface area contributed by atoms with Crippen LogP contribution in [0.15, 0.2) is 0 Å². The number of aliphatic hydroxyl groups is 1. The fourth-order valence-electron chi connectivity index (χ4n) is 1.78. The summed E-state index contributed by atoms with van der Waals surface area (Å²) in [6.45, 7) is 1.68. The van der Waals surface area contributed by atoms with Crippen LogP contribution in [-0.2, 0) is 6.54 Å². The van der Waals surface area contributed by atoms with Crippen LogP contribution < -0.4 is 5.73 Å². The molecular formula is C9H16N4OS. The molecule has 0 radical (unpaired) electrons. The molecule has 6 heteroatoms. The molecule has 0 aromatic carbocycles. The largest absolute Gasteiger partial charge is 0.395 e. The minimum atomic E-state index is 0.199. The van der Waals surface area contributed by atoms with Crippen molar-refractivity contribution in [3.8, 4) is 0 Å². The number of aliphatic hydroxyl groups excluding tert-OH is 1. The molecule has 1 saturated carbocycles. The van der Waals surface area contributed by atoms with Crippen molar-refractivity contribution in [3.63, 3.8) is 0 Å². The molecule has 1 aliphatic carbocycles. The van der Waals surface area contributed by atoms with E-state index >= 15 is 0 Å². The van der Waals surface area contributed by atoms with Crippen molar-refractivity contribution in [1.29, 1.82) is 0 Å². The molecule has 15 heavy (non-hydrogen) atoms. The zero-order chi connectivity index (χ0) is 10.7. The molecule has 0 bridgehead atoms. The van der Waals surface area contributed by atoms with Gasteiger partial charge in [0, 0.05) is 12.6 Å². The third-order valence-electron chi connectivity index (χ3n) is 2.80. The lowest BCUT2D eigenvalue weighted by Crippen LogP contribution is -2.41. The molecular weight excluding hydrogens is 212 g/mol. The molecule has 1 aromatic rings. The van der Waals surface area contributed by atoms with Gasteiger partial charge in [-0.05, 0) is 12.8 Å². The van der Waals surface area contributed by atoms with Crippen molar-refractivity contribution in [2.45, 2.75) is 31.8 Å². The van der Waals surface area contributed by atoms with Crippen LogP contribution >= 0.6 is 11.3 Å². The number of rotatable bonds is 5. The molecule has 84 valence electrons. The highest BCUT2D eigenvalue weighted by Crippen LogP contribution is 2.26. The number of anilines is 1. The lowest BCUT2D eigenvalue weighted by Gasteiger charge is -2.36. The van der Waals surface area contributed by atoms with Crippen LogP contribution in [0.25, 0.3) is 0 Å². The van der Waals surface area contributed by atoms with E-state index in [4.69, 9.17) is 10.8 Å². The topological polar surface area (TPSA) is 75.3 Å². The summed E-state index contributed by atoms with van der Waals surface area (Å²) in [6.07, 6.45) is 3.76. The van der Waals surface area contributed by atoms with E-state index < -0.39 is 0 Å². The molecule has 1 aromatic heterocycles. The molecule has 1 heterocycles. The minimum Gasteiger partial charge on any atom is -0.395 e. The number of nitrogens with two attached hydrogens (primary N) is 1. The van der Waals surface area contributed by atoms with E-state index in [1.54, 1.807) is 0 Å². The maximum Gasteiger partial charge on any atom is 0.203 e. The van der Waals surface area contributed by atoms with Crippen molar-refractivity contribution < 1.29 is 5.11 Å². The molecule has 0 aliphatic heterocycles. The van der Waals surface area contributed by atoms with Gasteiger partial charge in [0.25, 0.3) is 0 Å². The lowest BCUT2D eigenvalue weighted by atomic mass is 9.91.